The maximum Gasteiger partial charge on any atom is 0.139 e. The minimum absolute atomic E-state index is 1.03. The van der Waals surface area contributed by atoms with E-state index in [9.17, 15) is 0 Å². The van der Waals surface area contributed by atoms with Crippen LogP contribution in [-0.4, -0.2) is 40.6 Å². The summed E-state index contributed by atoms with van der Waals surface area (Å²) in [4.78, 5) is 6.92. The number of nitrogens with one attached hydrogen (secondary N) is 1. The van der Waals surface area contributed by atoms with Gasteiger partial charge in [0, 0.05) is 57.6 Å². The maximum absolute atomic E-state index is 4.43. The van der Waals surface area contributed by atoms with Crippen LogP contribution in [0.5, 0.6) is 0 Å². The predicted molar refractivity (Wildman–Crippen MR) is 68.9 cm³/mol. The Kier molecular flexibility index (Phi) is 2.82. The van der Waals surface area contributed by atoms with Crippen molar-refractivity contribution in [3.8, 4) is 0 Å². The Morgan fingerprint density at radius 3 is 3.00 bits per heavy atom. The van der Waals surface area contributed by atoms with Crippen LogP contribution in [0.25, 0.3) is 11.0 Å². The van der Waals surface area contributed by atoms with Crippen LogP contribution in [0, 0.1) is 0 Å². The number of pyridine rings is 1. The van der Waals surface area contributed by atoms with Crippen molar-refractivity contribution in [2.75, 3.05) is 26.2 Å². The zero-order chi connectivity index (χ0) is 11.7. The molecule has 4 nitrogen and oxygen atoms in total. The summed E-state index contributed by atoms with van der Waals surface area (Å²) in [6, 6.07) is 4.18. The van der Waals surface area contributed by atoms with Crippen molar-refractivity contribution in [3.05, 3.63) is 30.1 Å². The van der Waals surface area contributed by atoms with Gasteiger partial charge >= 0.3 is 0 Å². The lowest BCUT2D eigenvalue weighted by Gasteiger charge is -2.26. The fraction of sp³-hybridized carbons (Fsp3) is 0.462. The molecule has 0 unspecified atom stereocenters. The van der Waals surface area contributed by atoms with E-state index >= 15 is 0 Å². The molecule has 0 saturated carbocycles. The molecule has 1 N–H and O–H groups in total. The van der Waals surface area contributed by atoms with E-state index in [0.29, 0.717) is 0 Å². The standard InChI is InChI=1S/C13H18N4/c1-16-9-11(10-17-7-5-14-6-8-17)12-3-2-4-15-13(12)16/h2-4,9,14H,5-8,10H2,1H3. The second kappa shape index (κ2) is 4.47. The van der Waals surface area contributed by atoms with Gasteiger partial charge in [0.15, 0.2) is 0 Å². The highest BCUT2D eigenvalue weighted by atomic mass is 15.2. The van der Waals surface area contributed by atoms with Crippen molar-refractivity contribution in [1.82, 2.24) is 19.8 Å². The number of piperazine rings is 1. The molecule has 2 aromatic heterocycles. The normalized spacial score (nSPS) is 17.7. The van der Waals surface area contributed by atoms with E-state index in [1.165, 1.54) is 10.9 Å². The van der Waals surface area contributed by atoms with E-state index < -0.39 is 0 Å². The summed E-state index contributed by atoms with van der Waals surface area (Å²) >= 11 is 0. The number of aromatic nitrogens is 2. The van der Waals surface area contributed by atoms with Gasteiger partial charge in [-0.15, -0.1) is 0 Å². The molecule has 0 aliphatic carbocycles. The molecule has 0 amide bonds. The van der Waals surface area contributed by atoms with Crippen molar-refractivity contribution < 1.29 is 0 Å². The maximum atomic E-state index is 4.43. The van der Waals surface area contributed by atoms with Gasteiger partial charge in [0.25, 0.3) is 0 Å². The van der Waals surface area contributed by atoms with Gasteiger partial charge in [-0.3, -0.25) is 4.90 Å². The van der Waals surface area contributed by atoms with Crippen LogP contribution < -0.4 is 5.32 Å². The van der Waals surface area contributed by atoms with Gasteiger partial charge in [0.05, 0.1) is 0 Å². The molecule has 3 rings (SSSR count). The molecule has 4 heteroatoms. The van der Waals surface area contributed by atoms with Crippen molar-refractivity contribution >= 4 is 11.0 Å². The van der Waals surface area contributed by atoms with E-state index in [1.807, 2.05) is 12.3 Å². The van der Waals surface area contributed by atoms with E-state index in [2.05, 4.69) is 39.1 Å². The smallest absolute Gasteiger partial charge is 0.139 e. The molecule has 1 aliphatic rings. The molecule has 0 radical (unpaired) electrons. The van der Waals surface area contributed by atoms with E-state index in [0.717, 1.165) is 38.4 Å². The van der Waals surface area contributed by atoms with Gasteiger partial charge in [0.2, 0.25) is 0 Å². The average molecular weight is 230 g/mol. The Hall–Kier alpha value is -1.39. The highest BCUT2D eigenvalue weighted by Gasteiger charge is 2.13. The largest absolute Gasteiger partial charge is 0.335 e. The SMILES string of the molecule is Cn1cc(CN2CCNCC2)c2cccnc21. The van der Waals surface area contributed by atoms with E-state index in [4.69, 9.17) is 0 Å². The fourth-order valence-electron chi connectivity index (χ4n) is 2.53. The molecule has 0 aromatic carbocycles. The summed E-state index contributed by atoms with van der Waals surface area (Å²) in [6.45, 7) is 5.50. The van der Waals surface area contributed by atoms with Crippen LogP contribution in [0.15, 0.2) is 24.5 Å². The average Bonchev–Trinajstić information content (AvgIpc) is 2.69. The molecule has 17 heavy (non-hydrogen) atoms. The van der Waals surface area contributed by atoms with Gasteiger partial charge in [-0.2, -0.15) is 0 Å². The molecule has 1 saturated heterocycles. The molecule has 0 spiro atoms. The van der Waals surface area contributed by atoms with Gasteiger partial charge in [0.1, 0.15) is 5.65 Å². The zero-order valence-corrected chi connectivity index (χ0v) is 10.2. The van der Waals surface area contributed by atoms with Crippen LogP contribution in [0.4, 0.5) is 0 Å². The third-order valence-corrected chi connectivity index (χ3v) is 3.42. The number of hydrogen-bond acceptors (Lipinski definition) is 3. The van der Waals surface area contributed by atoms with Crippen molar-refractivity contribution in [3.63, 3.8) is 0 Å². The van der Waals surface area contributed by atoms with Crippen molar-refractivity contribution in [2.45, 2.75) is 6.54 Å². The Morgan fingerprint density at radius 1 is 1.35 bits per heavy atom. The monoisotopic (exact) mass is 230 g/mol. The van der Waals surface area contributed by atoms with Gasteiger partial charge in [-0.1, -0.05) is 0 Å². The summed E-state index contributed by atoms with van der Waals surface area (Å²) in [6.07, 6.45) is 4.07. The van der Waals surface area contributed by atoms with E-state index in [-0.39, 0.29) is 0 Å². The first-order valence-electron chi connectivity index (χ1n) is 6.16. The molecular formula is C13H18N4. The molecule has 2 aromatic rings. The molecular weight excluding hydrogens is 212 g/mol. The summed E-state index contributed by atoms with van der Waals surface area (Å²) in [7, 11) is 2.07. The second-order valence-corrected chi connectivity index (χ2v) is 4.67. The lowest BCUT2D eigenvalue weighted by atomic mass is 10.2. The van der Waals surface area contributed by atoms with E-state index in [1.54, 1.807) is 0 Å². The minimum Gasteiger partial charge on any atom is -0.335 e. The quantitative estimate of drug-likeness (QED) is 0.835. The van der Waals surface area contributed by atoms with Crippen molar-refractivity contribution in [2.24, 2.45) is 7.05 Å². The molecule has 1 aliphatic heterocycles. The molecule has 90 valence electrons. The first kappa shape index (κ1) is 10.7. The summed E-state index contributed by atoms with van der Waals surface area (Å²) in [5, 5.41) is 4.67. The number of rotatable bonds is 2. The van der Waals surface area contributed by atoms with Gasteiger partial charge in [-0.05, 0) is 17.7 Å². The summed E-state index contributed by atoms with van der Waals surface area (Å²) in [5.74, 6) is 0. The summed E-state index contributed by atoms with van der Waals surface area (Å²) in [5.41, 5.74) is 2.47. The third-order valence-electron chi connectivity index (χ3n) is 3.42. The Bertz CT molecular complexity index is 511. The lowest BCUT2D eigenvalue weighted by Crippen LogP contribution is -2.42. The first-order valence-corrected chi connectivity index (χ1v) is 6.16. The van der Waals surface area contributed by atoms with Crippen LogP contribution in [0.1, 0.15) is 5.56 Å². The number of hydrogen-bond donors (Lipinski definition) is 1. The highest BCUT2D eigenvalue weighted by Crippen LogP contribution is 2.19. The van der Waals surface area contributed by atoms with Gasteiger partial charge in [-0.25, -0.2) is 4.98 Å². The predicted octanol–water partition coefficient (Wildman–Crippen LogP) is 0.978. The fourth-order valence-corrected chi connectivity index (χ4v) is 2.53. The first-order chi connectivity index (χ1) is 8.34. The lowest BCUT2D eigenvalue weighted by molar-refractivity contribution is 0.234. The summed E-state index contributed by atoms with van der Waals surface area (Å²) < 4.78 is 2.12. The van der Waals surface area contributed by atoms with Crippen LogP contribution >= 0.6 is 0 Å². The number of fused-ring (bicyclic) bond motifs is 1. The van der Waals surface area contributed by atoms with Crippen LogP contribution in [-0.2, 0) is 13.6 Å². The minimum atomic E-state index is 1.03. The van der Waals surface area contributed by atoms with Crippen molar-refractivity contribution in [1.29, 1.82) is 0 Å². The number of aryl methyl sites for hydroxylation is 1. The van der Waals surface area contributed by atoms with Crippen LogP contribution in [0.2, 0.25) is 0 Å². The van der Waals surface area contributed by atoms with Crippen LogP contribution in [0.3, 0.4) is 0 Å². The number of nitrogens with zero attached hydrogens (tertiary/aromatic N) is 3. The highest BCUT2D eigenvalue weighted by molar-refractivity contribution is 5.80. The second-order valence-electron chi connectivity index (χ2n) is 4.67. The Morgan fingerprint density at radius 2 is 2.18 bits per heavy atom. The zero-order valence-electron chi connectivity index (χ0n) is 10.2. The van der Waals surface area contributed by atoms with Gasteiger partial charge < -0.3 is 9.88 Å². The molecule has 1 fully saturated rings. The third kappa shape index (κ3) is 2.06. The Labute approximate surface area is 101 Å². The molecule has 0 atom stereocenters. The molecule has 0 bridgehead atoms. The Balaban J connectivity index is 1.89. The topological polar surface area (TPSA) is 33.1 Å². The molecule has 3 heterocycles.